The van der Waals surface area contributed by atoms with Crippen LogP contribution in [0.25, 0.3) is 10.2 Å². The Labute approximate surface area is 211 Å². The number of nitrogens with one attached hydrogen (secondary N) is 3. The quantitative estimate of drug-likeness (QED) is 0.267. The predicted molar refractivity (Wildman–Crippen MR) is 143 cm³/mol. The van der Waals surface area contributed by atoms with E-state index in [1.165, 1.54) is 17.4 Å². The van der Waals surface area contributed by atoms with Crippen LogP contribution in [0.2, 0.25) is 0 Å². The van der Waals surface area contributed by atoms with Gasteiger partial charge in [-0.3, -0.25) is 9.69 Å². The van der Waals surface area contributed by atoms with E-state index in [1.54, 1.807) is 4.90 Å². The Kier molecular flexibility index (Phi) is 6.50. The Balaban J connectivity index is 1.27. The first kappa shape index (κ1) is 23.3. The number of thiophene rings is 1. The van der Waals surface area contributed by atoms with Gasteiger partial charge in [-0.15, -0.1) is 11.3 Å². The first-order chi connectivity index (χ1) is 17.5. The smallest absolute Gasteiger partial charge is 0.415 e. The summed E-state index contributed by atoms with van der Waals surface area (Å²) in [7, 11) is 0. The average Bonchev–Trinajstić information content (AvgIpc) is 3.54. The van der Waals surface area contributed by atoms with Crippen LogP contribution in [0, 0.1) is 0 Å². The van der Waals surface area contributed by atoms with E-state index in [-0.39, 0.29) is 18.0 Å². The van der Waals surface area contributed by atoms with Crippen LogP contribution < -0.4 is 20.9 Å². The monoisotopic (exact) mass is 500 g/mol. The molecule has 10 heteroatoms. The van der Waals surface area contributed by atoms with Gasteiger partial charge in [-0.2, -0.15) is 4.98 Å². The molecule has 3 heterocycles. The standard InChI is InChI=1S/C26H24N6O3S/c1-3-22(33)29-20-10-8-19(9-11-20)28-18-6-4-17(5-7-18)16(2)27-25-30-21-12-15-36-23(21)24(31-25)32-13-14-35-26(32)34/h3-12,15-16,28H,1,13-14H2,2H3,(H,29,33)(H,27,30,31)/t16-/m0/s1. The highest BCUT2D eigenvalue weighted by atomic mass is 32.1. The van der Waals surface area contributed by atoms with E-state index in [0.717, 1.165) is 27.2 Å². The maximum atomic E-state index is 12.1. The summed E-state index contributed by atoms with van der Waals surface area (Å²) in [6, 6.07) is 17.3. The number of anilines is 5. The Morgan fingerprint density at radius 3 is 2.44 bits per heavy atom. The summed E-state index contributed by atoms with van der Waals surface area (Å²) < 4.78 is 5.96. The number of carbonyl (C=O) groups excluding carboxylic acids is 2. The summed E-state index contributed by atoms with van der Waals surface area (Å²) in [6.45, 7) is 6.31. The molecule has 1 fully saturated rings. The summed E-state index contributed by atoms with van der Waals surface area (Å²) in [4.78, 5) is 34.4. The number of amides is 2. The summed E-state index contributed by atoms with van der Waals surface area (Å²) in [5.74, 6) is 0.778. The van der Waals surface area contributed by atoms with Gasteiger partial charge in [0.1, 0.15) is 6.61 Å². The maximum absolute atomic E-state index is 12.1. The average molecular weight is 501 g/mol. The SMILES string of the molecule is C=CC(=O)Nc1ccc(Nc2ccc([C@H](C)Nc3nc(N4CCOC4=O)c4sccc4n3)cc2)cc1. The zero-order valence-corrected chi connectivity index (χ0v) is 20.3. The molecule has 0 bridgehead atoms. The van der Waals surface area contributed by atoms with E-state index < -0.39 is 0 Å². The van der Waals surface area contributed by atoms with Gasteiger partial charge in [-0.05, 0) is 66.4 Å². The molecule has 182 valence electrons. The second-order valence-corrected chi connectivity index (χ2v) is 9.07. The second-order valence-electron chi connectivity index (χ2n) is 8.16. The fraction of sp³-hybridized carbons (Fsp3) is 0.154. The van der Waals surface area contributed by atoms with Crippen LogP contribution in [0.4, 0.5) is 33.6 Å². The van der Waals surface area contributed by atoms with E-state index in [2.05, 4.69) is 32.5 Å². The first-order valence-corrected chi connectivity index (χ1v) is 12.2. The van der Waals surface area contributed by atoms with Crippen molar-refractivity contribution in [2.45, 2.75) is 13.0 Å². The molecule has 0 spiro atoms. The Morgan fingerprint density at radius 1 is 1.08 bits per heavy atom. The largest absolute Gasteiger partial charge is 0.447 e. The number of cyclic esters (lactones) is 1. The third-order valence-electron chi connectivity index (χ3n) is 5.68. The zero-order chi connectivity index (χ0) is 25.1. The van der Waals surface area contributed by atoms with E-state index in [1.807, 2.05) is 66.9 Å². The van der Waals surface area contributed by atoms with E-state index in [9.17, 15) is 9.59 Å². The summed E-state index contributed by atoms with van der Waals surface area (Å²) in [5, 5.41) is 11.4. The molecule has 1 atom stereocenters. The zero-order valence-electron chi connectivity index (χ0n) is 19.5. The number of ether oxygens (including phenoxy) is 1. The number of fused-ring (bicyclic) bond motifs is 1. The molecule has 0 unspecified atom stereocenters. The molecule has 9 nitrogen and oxygen atoms in total. The van der Waals surface area contributed by atoms with Crippen molar-refractivity contribution in [1.29, 1.82) is 0 Å². The molecule has 3 N–H and O–H groups in total. The van der Waals surface area contributed by atoms with Crippen molar-refractivity contribution < 1.29 is 14.3 Å². The molecule has 1 aliphatic rings. The molecular formula is C26H24N6O3S. The van der Waals surface area contributed by atoms with Gasteiger partial charge < -0.3 is 20.7 Å². The highest BCUT2D eigenvalue weighted by Gasteiger charge is 2.28. The lowest BCUT2D eigenvalue weighted by Crippen LogP contribution is -2.25. The minimum atomic E-state index is -0.387. The number of benzene rings is 2. The molecule has 0 aliphatic carbocycles. The summed E-state index contributed by atoms with van der Waals surface area (Å²) in [5.41, 5.74) is 4.37. The Bertz CT molecular complexity index is 1420. The highest BCUT2D eigenvalue weighted by molar-refractivity contribution is 7.17. The second kappa shape index (κ2) is 10.0. The van der Waals surface area contributed by atoms with Gasteiger partial charge in [0.25, 0.3) is 0 Å². The van der Waals surface area contributed by atoms with Crippen LogP contribution in [-0.2, 0) is 9.53 Å². The van der Waals surface area contributed by atoms with Crippen molar-refractivity contribution in [1.82, 2.24) is 9.97 Å². The Morgan fingerprint density at radius 2 is 1.78 bits per heavy atom. The number of rotatable bonds is 8. The molecule has 1 aliphatic heterocycles. The van der Waals surface area contributed by atoms with Crippen molar-refractivity contribution in [2.75, 3.05) is 34.0 Å². The molecule has 5 rings (SSSR count). The van der Waals surface area contributed by atoms with Gasteiger partial charge in [-0.25, -0.2) is 9.78 Å². The number of hydrogen-bond donors (Lipinski definition) is 3. The van der Waals surface area contributed by atoms with Gasteiger partial charge in [0.15, 0.2) is 5.82 Å². The molecule has 1 saturated heterocycles. The van der Waals surface area contributed by atoms with Gasteiger partial charge in [0.2, 0.25) is 11.9 Å². The van der Waals surface area contributed by atoms with E-state index >= 15 is 0 Å². The minimum absolute atomic E-state index is 0.0683. The molecule has 36 heavy (non-hydrogen) atoms. The summed E-state index contributed by atoms with van der Waals surface area (Å²) in [6.07, 6.45) is 0.847. The van der Waals surface area contributed by atoms with Crippen LogP contribution >= 0.6 is 11.3 Å². The maximum Gasteiger partial charge on any atom is 0.415 e. The van der Waals surface area contributed by atoms with Gasteiger partial charge in [0.05, 0.1) is 22.8 Å². The predicted octanol–water partition coefficient (Wildman–Crippen LogP) is 5.69. The lowest BCUT2D eigenvalue weighted by atomic mass is 10.1. The van der Waals surface area contributed by atoms with E-state index in [0.29, 0.717) is 30.6 Å². The van der Waals surface area contributed by atoms with Crippen LogP contribution in [0.3, 0.4) is 0 Å². The van der Waals surface area contributed by atoms with Crippen LogP contribution in [0.1, 0.15) is 18.5 Å². The van der Waals surface area contributed by atoms with Crippen molar-refractivity contribution >= 4 is 62.4 Å². The molecule has 2 amide bonds. The first-order valence-electron chi connectivity index (χ1n) is 11.4. The van der Waals surface area contributed by atoms with Crippen LogP contribution in [-0.4, -0.2) is 35.1 Å². The van der Waals surface area contributed by atoms with Crippen molar-refractivity contribution in [3.8, 4) is 0 Å². The normalized spacial score (nSPS) is 13.8. The van der Waals surface area contributed by atoms with Gasteiger partial charge in [-0.1, -0.05) is 18.7 Å². The third-order valence-corrected chi connectivity index (χ3v) is 6.58. The van der Waals surface area contributed by atoms with Gasteiger partial charge in [0, 0.05) is 17.1 Å². The number of nitrogens with zero attached hydrogens (tertiary/aromatic N) is 3. The minimum Gasteiger partial charge on any atom is -0.447 e. The van der Waals surface area contributed by atoms with Crippen LogP contribution in [0.5, 0.6) is 0 Å². The Hall–Kier alpha value is -4.44. The molecule has 2 aromatic heterocycles. The fourth-order valence-corrected chi connectivity index (χ4v) is 4.64. The lowest BCUT2D eigenvalue weighted by Gasteiger charge is -2.18. The number of carbonyl (C=O) groups is 2. The molecule has 0 saturated carbocycles. The topological polar surface area (TPSA) is 108 Å². The number of aromatic nitrogens is 2. The number of hydrogen-bond acceptors (Lipinski definition) is 8. The van der Waals surface area contributed by atoms with Crippen molar-refractivity contribution in [3.05, 3.63) is 78.2 Å². The van der Waals surface area contributed by atoms with Crippen molar-refractivity contribution in [3.63, 3.8) is 0 Å². The highest BCUT2D eigenvalue weighted by Crippen LogP contribution is 2.32. The molecule has 0 radical (unpaired) electrons. The third kappa shape index (κ3) is 4.98. The van der Waals surface area contributed by atoms with Gasteiger partial charge >= 0.3 is 6.09 Å². The molecule has 4 aromatic rings. The lowest BCUT2D eigenvalue weighted by molar-refractivity contribution is -0.111. The van der Waals surface area contributed by atoms with Crippen LogP contribution in [0.15, 0.2) is 72.6 Å². The molecule has 2 aromatic carbocycles. The van der Waals surface area contributed by atoms with E-state index in [4.69, 9.17) is 4.74 Å². The van der Waals surface area contributed by atoms with Crippen molar-refractivity contribution in [2.24, 2.45) is 0 Å². The summed E-state index contributed by atoms with van der Waals surface area (Å²) >= 11 is 1.50. The molecular weight excluding hydrogens is 476 g/mol. The fourth-order valence-electron chi connectivity index (χ4n) is 3.81.